The van der Waals surface area contributed by atoms with Crippen LogP contribution >= 0.6 is 12.4 Å². The number of hydrogen-bond acceptors (Lipinski definition) is 4. The number of rotatable bonds is 2. The van der Waals surface area contributed by atoms with Gasteiger partial charge in [0.05, 0.1) is 16.5 Å². The number of nitriles is 1. The summed E-state index contributed by atoms with van der Waals surface area (Å²) < 4.78 is 65.5. The van der Waals surface area contributed by atoms with Crippen molar-refractivity contribution in [2.45, 2.75) is 42.9 Å². The molecular formula is C14H17ClF3N3O2S. The molecular weight excluding hydrogens is 367 g/mol. The number of benzene rings is 1. The molecule has 0 radical (unpaired) electrons. The highest BCUT2D eigenvalue weighted by atomic mass is 35.5. The van der Waals surface area contributed by atoms with E-state index < -0.39 is 34.8 Å². The quantitative estimate of drug-likeness (QED) is 0.849. The third-order valence-electron chi connectivity index (χ3n) is 3.85. The van der Waals surface area contributed by atoms with Crippen LogP contribution in [0.2, 0.25) is 0 Å². The summed E-state index contributed by atoms with van der Waals surface area (Å²) >= 11 is 0. The Morgan fingerprint density at radius 2 is 1.96 bits per heavy atom. The second-order valence-electron chi connectivity index (χ2n) is 5.56. The van der Waals surface area contributed by atoms with Gasteiger partial charge in [-0.1, -0.05) is 6.07 Å². The molecule has 0 spiro atoms. The fraction of sp³-hybridized carbons (Fsp3) is 0.500. The first kappa shape index (κ1) is 20.7. The molecule has 1 aliphatic rings. The maximum atomic E-state index is 13.2. The number of hydrogen-bond donors (Lipinski definition) is 1. The van der Waals surface area contributed by atoms with E-state index in [-0.39, 0.29) is 41.3 Å². The number of nitrogens with zero attached hydrogens (tertiary/aromatic N) is 2. The highest BCUT2D eigenvalue weighted by Gasteiger charge is 2.50. The van der Waals surface area contributed by atoms with Gasteiger partial charge in [-0.25, -0.2) is 8.42 Å². The number of halogens is 4. The molecule has 1 aromatic carbocycles. The molecule has 0 bridgehead atoms. The minimum Gasteiger partial charge on any atom is -0.327 e. The third-order valence-corrected chi connectivity index (χ3v) is 5.87. The van der Waals surface area contributed by atoms with Crippen molar-refractivity contribution < 1.29 is 21.6 Å². The van der Waals surface area contributed by atoms with Gasteiger partial charge in [-0.2, -0.15) is 22.7 Å². The molecule has 1 aromatic rings. The maximum absolute atomic E-state index is 13.2. The maximum Gasteiger partial charge on any atom is 0.405 e. The van der Waals surface area contributed by atoms with Crippen molar-refractivity contribution in [3.63, 3.8) is 0 Å². The van der Waals surface area contributed by atoms with Crippen molar-refractivity contribution in [3.8, 4) is 6.07 Å². The van der Waals surface area contributed by atoms with Crippen LogP contribution in [-0.4, -0.2) is 37.5 Å². The summed E-state index contributed by atoms with van der Waals surface area (Å²) in [6.45, 7) is 1.07. The zero-order chi connectivity index (χ0) is 17.4. The van der Waals surface area contributed by atoms with Crippen molar-refractivity contribution >= 4 is 22.4 Å². The first-order chi connectivity index (χ1) is 10.6. The summed E-state index contributed by atoms with van der Waals surface area (Å²) in [5.74, 6) is 0. The van der Waals surface area contributed by atoms with Gasteiger partial charge in [-0.05, 0) is 37.5 Å². The number of nitrogens with two attached hydrogens (primary N) is 1. The molecule has 1 saturated heterocycles. The minimum absolute atomic E-state index is 0. The lowest BCUT2D eigenvalue weighted by Gasteiger charge is -2.38. The summed E-state index contributed by atoms with van der Waals surface area (Å²) in [7, 11) is -4.41. The molecule has 0 aliphatic carbocycles. The van der Waals surface area contributed by atoms with Crippen LogP contribution in [-0.2, 0) is 10.0 Å². The average Bonchev–Trinajstić information content (AvgIpc) is 2.46. The molecule has 10 heteroatoms. The molecule has 2 rings (SSSR count). The largest absolute Gasteiger partial charge is 0.405 e. The van der Waals surface area contributed by atoms with Crippen LogP contribution in [0.1, 0.15) is 24.0 Å². The van der Waals surface area contributed by atoms with Gasteiger partial charge in [-0.3, -0.25) is 0 Å². The van der Waals surface area contributed by atoms with E-state index in [1.807, 2.05) is 0 Å². The highest BCUT2D eigenvalue weighted by molar-refractivity contribution is 7.89. The van der Waals surface area contributed by atoms with Gasteiger partial charge in [0.1, 0.15) is 6.04 Å². The van der Waals surface area contributed by atoms with Gasteiger partial charge >= 0.3 is 6.18 Å². The van der Waals surface area contributed by atoms with E-state index in [2.05, 4.69) is 0 Å². The van der Waals surface area contributed by atoms with Gasteiger partial charge in [0.15, 0.2) is 0 Å². The Bertz CT molecular complexity index is 747. The van der Waals surface area contributed by atoms with Gasteiger partial charge in [0.2, 0.25) is 10.0 Å². The van der Waals surface area contributed by atoms with Crippen molar-refractivity contribution in [1.29, 1.82) is 5.26 Å². The minimum atomic E-state index is -4.67. The standard InChI is InChI=1S/C14H16F3N3O2S.ClH/c1-9-2-3-10(7-18)6-12(9)23(21,22)20-8-11(19)4-5-13(20)14(15,16)17;/h2-3,6,11,13H,4-5,8,19H2,1H3;1H. The molecule has 24 heavy (non-hydrogen) atoms. The van der Waals surface area contributed by atoms with Gasteiger partial charge in [0.25, 0.3) is 0 Å². The normalized spacial score (nSPS) is 22.5. The molecule has 5 nitrogen and oxygen atoms in total. The van der Waals surface area contributed by atoms with Crippen molar-refractivity contribution in [2.75, 3.05) is 6.54 Å². The Hall–Kier alpha value is -1.34. The third kappa shape index (κ3) is 4.00. The van der Waals surface area contributed by atoms with Crippen LogP contribution in [0, 0.1) is 18.3 Å². The number of piperidine rings is 1. The van der Waals surface area contributed by atoms with Crippen LogP contribution in [0.15, 0.2) is 23.1 Å². The van der Waals surface area contributed by atoms with Crippen LogP contribution in [0.3, 0.4) is 0 Å². The van der Waals surface area contributed by atoms with E-state index in [4.69, 9.17) is 11.0 Å². The lowest BCUT2D eigenvalue weighted by Crippen LogP contribution is -2.56. The molecule has 0 saturated carbocycles. The average molecular weight is 384 g/mol. The molecule has 2 atom stereocenters. The number of aryl methyl sites for hydroxylation is 1. The van der Waals surface area contributed by atoms with Crippen LogP contribution < -0.4 is 5.73 Å². The van der Waals surface area contributed by atoms with E-state index in [1.165, 1.54) is 19.1 Å². The first-order valence-electron chi connectivity index (χ1n) is 6.92. The Labute approximate surface area is 144 Å². The summed E-state index contributed by atoms with van der Waals surface area (Å²) in [6.07, 6.45) is -4.94. The lowest BCUT2D eigenvalue weighted by molar-refractivity contribution is -0.178. The Kier molecular flexibility index (Phi) is 6.27. The molecule has 1 fully saturated rings. The second kappa shape index (κ2) is 7.27. The van der Waals surface area contributed by atoms with E-state index in [0.29, 0.717) is 4.31 Å². The summed E-state index contributed by atoms with van der Waals surface area (Å²) in [4.78, 5) is -0.292. The fourth-order valence-electron chi connectivity index (χ4n) is 2.63. The molecule has 2 N–H and O–H groups in total. The number of alkyl halides is 3. The van der Waals surface area contributed by atoms with Crippen molar-refractivity contribution in [3.05, 3.63) is 29.3 Å². The van der Waals surface area contributed by atoms with Crippen molar-refractivity contribution in [1.82, 2.24) is 4.31 Å². The van der Waals surface area contributed by atoms with E-state index in [1.54, 1.807) is 6.07 Å². The summed E-state index contributed by atoms with van der Waals surface area (Å²) in [6, 6.07) is 2.95. The predicted octanol–water partition coefficient (Wildman–Crippen LogP) is 2.33. The second-order valence-corrected chi connectivity index (χ2v) is 7.42. The zero-order valence-corrected chi connectivity index (χ0v) is 14.4. The molecule has 1 heterocycles. The molecule has 1 aliphatic heterocycles. The van der Waals surface area contributed by atoms with E-state index in [9.17, 15) is 21.6 Å². The van der Waals surface area contributed by atoms with Crippen molar-refractivity contribution in [2.24, 2.45) is 5.73 Å². The fourth-order valence-corrected chi connectivity index (χ4v) is 4.58. The topological polar surface area (TPSA) is 87.2 Å². The first-order valence-corrected chi connectivity index (χ1v) is 8.36. The smallest absolute Gasteiger partial charge is 0.327 e. The zero-order valence-electron chi connectivity index (χ0n) is 12.7. The number of sulfonamides is 1. The van der Waals surface area contributed by atoms with E-state index >= 15 is 0 Å². The van der Waals surface area contributed by atoms with Crippen LogP contribution in [0.25, 0.3) is 0 Å². The monoisotopic (exact) mass is 383 g/mol. The molecule has 0 aromatic heterocycles. The van der Waals surface area contributed by atoms with Gasteiger partial charge in [0, 0.05) is 12.6 Å². The SMILES string of the molecule is Cc1ccc(C#N)cc1S(=O)(=O)N1CC(N)CCC1C(F)(F)F.Cl. The van der Waals surface area contributed by atoms with Gasteiger partial charge in [-0.15, -0.1) is 12.4 Å². The Morgan fingerprint density at radius 3 is 2.50 bits per heavy atom. The van der Waals surface area contributed by atoms with Gasteiger partial charge < -0.3 is 5.73 Å². The van der Waals surface area contributed by atoms with E-state index in [0.717, 1.165) is 6.07 Å². The Balaban J connectivity index is 0.00000288. The predicted molar refractivity (Wildman–Crippen MR) is 84.1 cm³/mol. The molecule has 134 valence electrons. The summed E-state index contributed by atoms with van der Waals surface area (Å²) in [5.41, 5.74) is 6.02. The lowest BCUT2D eigenvalue weighted by atomic mass is 10.0. The Morgan fingerprint density at radius 1 is 1.33 bits per heavy atom. The highest BCUT2D eigenvalue weighted by Crippen LogP contribution is 2.35. The van der Waals surface area contributed by atoms with Crippen LogP contribution in [0.5, 0.6) is 0 Å². The summed E-state index contributed by atoms with van der Waals surface area (Å²) in [5, 5.41) is 8.89. The van der Waals surface area contributed by atoms with Crippen LogP contribution in [0.4, 0.5) is 13.2 Å². The molecule has 2 unspecified atom stereocenters. The molecule has 0 amide bonds.